The van der Waals surface area contributed by atoms with E-state index in [1.807, 2.05) is 6.07 Å². The number of benzene rings is 1. The minimum absolute atomic E-state index is 0.210. The van der Waals surface area contributed by atoms with E-state index >= 15 is 0 Å². The molecule has 4 rings (SSSR count). The van der Waals surface area contributed by atoms with Gasteiger partial charge in [-0.05, 0) is 42.2 Å². The number of hydrogen-bond donors (Lipinski definition) is 1. The number of fused-ring (bicyclic) bond motifs is 1. The molecule has 0 atom stereocenters. The first-order valence-corrected chi connectivity index (χ1v) is 10.6. The van der Waals surface area contributed by atoms with Crippen molar-refractivity contribution in [3.05, 3.63) is 72.7 Å². The van der Waals surface area contributed by atoms with Gasteiger partial charge in [-0.3, -0.25) is 0 Å². The van der Waals surface area contributed by atoms with E-state index < -0.39 is 12.6 Å². The largest absolute Gasteiger partial charge is 0.393 e. The molecule has 1 saturated heterocycles. The lowest BCUT2D eigenvalue weighted by Gasteiger charge is -2.41. The number of anilines is 1. The fourth-order valence-corrected chi connectivity index (χ4v) is 3.94. The first-order valence-electron chi connectivity index (χ1n) is 10.6. The SMILES string of the molecule is C=CC(=C)NCc1nn(-c2ccc(CC(F)(F)F)cc2)c2nccc(N3CC(CC)C3)c12. The van der Waals surface area contributed by atoms with Crippen molar-refractivity contribution in [2.75, 3.05) is 18.0 Å². The molecule has 1 aliphatic heterocycles. The Morgan fingerprint density at radius 2 is 1.94 bits per heavy atom. The molecule has 3 heterocycles. The molecule has 0 amide bonds. The van der Waals surface area contributed by atoms with E-state index in [2.05, 4.69) is 35.3 Å². The van der Waals surface area contributed by atoms with Gasteiger partial charge in [0.15, 0.2) is 5.65 Å². The van der Waals surface area contributed by atoms with Crippen LogP contribution in [0.4, 0.5) is 18.9 Å². The van der Waals surface area contributed by atoms with Gasteiger partial charge in [-0.1, -0.05) is 32.2 Å². The number of nitrogens with one attached hydrogen (secondary N) is 1. The first kappa shape index (κ1) is 21.9. The zero-order valence-corrected chi connectivity index (χ0v) is 18.0. The normalized spacial score (nSPS) is 14.4. The summed E-state index contributed by atoms with van der Waals surface area (Å²) < 4.78 is 39.8. The summed E-state index contributed by atoms with van der Waals surface area (Å²) in [6, 6.07) is 8.27. The van der Waals surface area contributed by atoms with Gasteiger partial charge in [0, 0.05) is 25.0 Å². The Kier molecular flexibility index (Phi) is 5.95. The van der Waals surface area contributed by atoms with Crippen LogP contribution in [0.15, 0.2) is 61.5 Å². The van der Waals surface area contributed by atoms with Crippen LogP contribution in [0.25, 0.3) is 16.7 Å². The van der Waals surface area contributed by atoms with Crippen molar-refractivity contribution >= 4 is 16.7 Å². The highest BCUT2D eigenvalue weighted by molar-refractivity contribution is 5.93. The summed E-state index contributed by atoms with van der Waals surface area (Å²) in [5.74, 6) is 0.677. The monoisotopic (exact) mass is 441 g/mol. The minimum atomic E-state index is -4.24. The molecule has 168 valence electrons. The van der Waals surface area contributed by atoms with Crippen molar-refractivity contribution in [1.82, 2.24) is 20.1 Å². The third kappa shape index (κ3) is 4.49. The summed E-state index contributed by atoms with van der Waals surface area (Å²) in [6.07, 6.45) is -0.661. The Labute approximate surface area is 185 Å². The number of nitrogens with zero attached hydrogens (tertiary/aromatic N) is 4. The maximum absolute atomic E-state index is 12.7. The number of pyridine rings is 1. The molecule has 1 fully saturated rings. The van der Waals surface area contributed by atoms with Crippen LogP contribution in [-0.2, 0) is 13.0 Å². The predicted molar refractivity (Wildman–Crippen MR) is 121 cm³/mol. The van der Waals surface area contributed by atoms with E-state index in [4.69, 9.17) is 5.10 Å². The molecular weight excluding hydrogens is 415 g/mol. The lowest BCUT2D eigenvalue weighted by atomic mass is 9.96. The van der Waals surface area contributed by atoms with Crippen LogP contribution >= 0.6 is 0 Å². The molecule has 0 unspecified atom stereocenters. The van der Waals surface area contributed by atoms with Crippen LogP contribution in [0, 0.1) is 5.92 Å². The average Bonchev–Trinajstić information content (AvgIpc) is 3.10. The van der Waals surface area contributed by atoms with Crippen LogP contribution < -0.4 is 10.2 Å². The van der Waals surface area contributed by atoms with E-state index in [9.17, 15) is 13.2 Å². The van der Waals surface area contributed by atoms with Crippen molar-refractivity contribution in [2.24, 2.45) is 5.92 Å². The number of allylic oxidation sites excluding steroid dienone is 1. The summed E-state index contributed by atoms with van der Waals surface area (Å²) in [5.41, 5.74) is 4.10. The second-order valence-electron chi connectivity index (χ2n) is 8.11. The molecule has 1 aromatic carbocycles. The van der Waals surface area contributed by atoms with Gasteiger partial charge in [-0.25, -0.2) is 9.67 Å². The molecule has 3 aromatic rings. The fraction of sp³-hybridized carbons (Fsp3) is 0.333. The molecular formula is C24H26F3N5. The van der Waals surface area contributed by atoms with Crippen LogP contribution in [0.3, 0.4) is 0 Å². The van der Waals surface area contributed by atoms with Gasteiger partial charge in [-0.2, -0.15) is 18.3 Å². The predicted octanol–water partition coefficient (Wildman–Crippen LogP) is 5.16. The van der Waals surface area contributed by atoms with Crippen molar-refractivity contribution in [1.29, 1.82) is 0 Å². The highest BCUT2D eigenvalue weighted by Gasteiger charge is 2.29. The van der Waals surface area contributed by atoms with Gasteiger partial charge in [0.2, 0.25) is 0 Å². The summed E-state index contributed by atoms with van der Waals surface area (Å²) in [7, 11) is 0. The van der Waals surface area contributed by atoms with Crippen LogP contribution in [0.5, 0.6) is 0 Å². The fourth-order valence-electron chi connectivity index (χ4n) is 3.94. The molecule has 32 heavy (non-hydrogen) atoms. The quantitative estimate of drug-likeness (QED) is 0.491. The number of rotatable bonds is 8. The molecule has 8 heteroatoms. The smallest absolute Gasteiger partial charge is 0.380 e. The van der Waals surface area contributed by atoms with Gasteiger partial charge in [0.1, 0.15) is 0 Å². The number of halogens is 3. The second-order valence-corrected chi connectivity index (χ2v) is 8.11. The topological polar surface area (TPSA) is 46.0 Å². The van der Waals surface area contributed by atoms with Gasteiger partial charge < -0.3 is 10.2 Å². The van der Waals surface area contributed by atoms with Crippen LogP contribution in [-0.4, -0.2) is 34.0 Å². The maximum atomic E-state index is 12.7. The lowest BCUT2D eigenvalue weighted by molar-refractivity contribution is -0.127. The van der Waals surface area contributed by atoms with E-state index in [-0.39, 0.29) is 5.56 Å². The molecule has 0 aliphatic carbocycles. The van der Waals surface area contributed by atoms with E-state index in [1.165, 1.54) is 12.1 Å². The molecule has 0 saturated carbocycles. The van der Waals surface area contributed by atoms with Crippen molar-refractivity contribution < 1.29 is 13.2 Å². The first-order chi connectivity index (χ1) is 15.3. The molecule has 1 N–H and O–H groups in total. The van der Waals surface area contributed by atoms with E-state index in [1.54, 1.807) is 29.1 Å². The van der Waals surface area contributed by atoms with Gasteiger partial charge in [0.25, 0.3) is 0 Å². The molecule has 0 radical (unpaired) electrons. The Morgan fingerprint density at radius 3 is 2.56 bits per heavy atom. The maximum Gasteiger partial charge on any atom is 0.393 e. The molecule has 2 aromatic heterocycles. The molecule has 1 aliphatic rings. The third-order valence-electron chi connectivity index (χ3n) is 5.81. The van der Waals surface area contributed by atoms with Crippen LogP contribution in [0.2, 0.25) is 0 Å². The summed E-state index contributed by atoms with van der Waals surface area (Å²) in [5, 5.41) is 8.92. The standard InChI is InChI=1S/C24H26F3N5/c1-4-16(3)29-13-20-22-21(31-14-17(5-2)15-31)10-11-28-23(22)32(30-20)19-8-6-18(7-9-19)12-24(25,26)27/h4,6-11,17,29H,1,3,5,12-15H2,2H3. The van der Waals surface area contributed by atoms with Crippen molar-refractivity contribution in [3.63, 3.8) is 0 Å². The molecule has 0 bridgehead atoms. The zero-order valence-electron chi connectivity index (χ0n) is 18.0. The van der Waals surface area contributed by atoms with Gasteiger partial charge in [-0.15, -0.1) is 0 Å². The zero-order chi connectivity index (χ0) is 22.9. The highest BCUT2D eigenvalue weighted by atomic mass is 19.4. The third-order valence-corrected chi connectivity index (χ3v) is 5.81. The van der Waals surface area contributed by atoms with Crippen molar-refractivity contribution in [3.8, 4) is 5.69 Å². The van der Waals surface area contributed by atoms with Crippen molar-refractivity contribution in [2.45, 2.75) is 32.5 Å². The van der Waals surface area contributed by atoms with E-state index in [0.717, 1.165) is 36.3 Å². The number of alkyl halides is 3. The van der Waals surface area contributed by atoms with E-state index in [0.29, 0.717) is 29.5 Å². The lowest BCUT2D eigenvalue weighted by Crippen LogP contribution is -2.46. The number of hydrogen-bond acceptors (Lipinski definition) is 4. The summed E-state index contributed by atoms with van der Waals surface area (Å²) >= 11 is 0. The van der Waals surface area contributed by atoms with Gasteiger partial charge >= 0.3 is 6.18 Å². The summed E-state index contributed by atoms with van der Waals surface area (Å²) in [6.45, 7) is 12.2. The van der Waals surface area contributed by atoms with Crippen LogP contribution in [0.1, 0.15) is 24.6 Å². The second kappa shape index (κ2) is 8.68. The molecule has 5 nitrogen and oxygen atoms in total. The minimum Gasteiger partial charge on any atom is -0.380 e. The number of aromatic nitrogens is 3. The Balaban J connectivity index is 1.74. The highest BCUT2D eigenvalue weighted by Crippen LogP contribution is 2.35. The Hall–Kier alpha value is -3.29. The van der Waals surface area contributed by atoms with Gasteiger partial charge in [0.05, 0.1) is 35.4 Å². The average molecular weight is 442 g/mol. The summed E-state index contributed by atoms with van der Waals surface area (Å²) in [4.78, 5) is 6.89. The Bertz CT molecular complexity index is 1120. The molecule has 0 spiro atoms. The Morgan fingerprint density at radius 1 is 1.22 bits per heavy atom.